The van der Waals surface area contributed by atoms with Crippen LogP contribution in [0.25, 0.3) is 0 Å². The van der Waals surface area contributed by atoms with E-state index in [2.05, 4.69) is 44.3 Å². The molecular weight excluding hydrogens is 336 g/mol. The molecule has 1 heterocycles. The third-order valence-electron chi connectivity index (χ3n) is 3.65. The van der Waals surface area contributed by atoms with Crippen molar-refractivity contribution in [2.75, 3.05) is 12.4 Å². The zero-order chi connectivity index (χ0) is 17.6. The number of benzene rings is 2. The van der Waals surface area contributed by atoms with Gasteiger partial charge in [-0.05, 0) is 42.3 Å². The molecular formula is C18H18N4O2S. The van der Waals surface area contributed by atoms with E-state index in [1.807, 2.05) is 12.1 Å². The Morgan fingerprint density at radius 1 is 1.20 bits per heavy atom. The van der Waals surface area contributed by atoms with Crippen molar-refractivity contribution in [1.29, 1.82) is 0 Å². The van der Waals surface area contributed by atoms with Crippen LogP contribution < -0.4 is 5.32 Å². The zero-order valence-electron chi connectivity index (χ0n) is 13.9. The second kappa shape index (κ2) is 7.85. The van der Waals surface area contributed by atoms with Crippen molar-refractivity contribution >= 4 is 29.4 Å². The molecule has 0 saturated heterocycles. The number of rotatable bonds is 6. The van der Waals surface area contributed by atoms with Crippen molar-refractivity contribution in [3.05, 3.63) is 65.2 Å². The fourth-order valence-electron chi connectivity index (χ4n) is 2.22. The van der Waals surface area contributed by atoms with Crippen molar-refractivity contribution in [2.24, 2.45) is 0 Å². The van der Waals surface area contributed by atoms with Gasteiger partial charge < -0.3 is 10.1 Å². The molecule has 25 heavy (non-hydrogen) atoms. The largest absolute Gasteiger partial charge is 0.465 e. The van der Waals surface area contributed by atoms with E-state index >= 15 is 0 Å². The van der Waals surface area contributed by atoms with Gasteiger partial charge in [0.25, 0.3) is 0 Å². The van der Waals surface area contributed by atoms with E-state index in [0.717, 1.165) is 16.6 Å². The smallest absolute Gasteiger partial charge is 0.337 e. The van der Waals surface area contributed by atoms with Crippen LogP contribution in [-0.2, 0) is 10.5 Å². The summed E-state index contributed by atoms with van der Waals surface area (Å²) < 4.78 is 4.68. The van der Waals surface area contributed by atoms with Gasteiger partial charge in [-0.3, -0.25) is 5.10 Å². The lowest BCUT2D eigenvalue weighted by atomic mass is 10.1. The summed E-state index contributed by atoms with van der Waals surface area (Å²) >= 11 is 1.60. The number of carbonyl (C=O) groups excluding carboxylic acids is 1. The molecule has 0 radical (unpaired) electrons. The number of anilines is 2. The molecule has 0 bridgehead atoms. The van der Waals surface area contributed by atoms with Gasteiger partial charge in [0.1, 0.15) is 0 Å². The highest BCUT2D eigenvalue weighted by Gasteiger charge is 2.07. The Bertz CT molecular complexity index is 862. The summed E-state index contributed by atoms with van der Waals surface area (Å²) in [4.78, 5) is 15.8. The van der Waals surface area contributed by atoms with E-state index in [-0.39, 0.29) is 5.97 Å². The van der Waals surface area contributed by atoms with E-state index in [1.54, 1.807) is 36.0 Å². The maximum atomic E-state index is 11.4. The zero-order valence-corrected chi connectivity index (χ0v) is 14.8. The molecule has 2 N–H and O–H groups in total. The van der Waals surface area contributed by atoms with Crippen LogP contribution in [0.3, 0.4) is 0 Å². The van der Waals surface area contributed by atoms with Crippen LogP contribution in [0.1, 0.15) is 21.5 Å². The third-order valence-corrected chi connectivity index (χ3v) is 4.56. The van der Waals surface area contributed by atoms with E-state index < -0.39 is 0 Å². The molecule has 0 spiro atoms. The first kappa shape index (κ1) is 17.0. The number of esters is 1. The maximum Gasteiger partial charge on any atom is 0.337 e. The Labute approximate surface area is 150 Å². The first-order chi connectivity index (χ1) is 12.2. The minimum Gasteiger partial charge on any atom is -0.465 e. The predicted octanol–water partition coefficient (Wildman–Crippen LogP) is 3.94. The Balaban J connectivity index is 1.60. The Hall–Kier alpha value is -2.80. The van der Waals surface area contributed by atoms with Crippen molar-refractivity contribution in [3.63, 3.8) is 0 Å². The Kier molecular flexibility index (Phi) is 5.35. The van der Waals surface area contributed by atoms with Crippen LogP contribution in [0.4, 0.5) is 11.6 Å². The van der Waals surface area contributed by atoms with Gasteiger partial charge >= 0.3 is 5.97 Å². The van der Waals surface area contributed by atoms with Crippen molar-refractivity contribution < 1.29 is 9.53 Å². The summed E-state index contributed by atoms with van der Waals surface area (Å²) in [5.41, 5.74) is 3.83. The summed E-state index contributed by atoms with van der Waals surface area (Å²) in [6.07, 6.45) is 0. The van der Waals surface area contributed by atoms with Crippen LogP contribution >= 0.6 is 11.8 Å². The van der Waals surface area contributed by atoms with Gasteiger partial charge in [-0.15, -0.1) is 5.10 Å². The van der Waals surface area contributed by atoms with Gasteiger partial charge in [0.2, 0.25) is 5.95 Å². The summed E-state index contributed by atoms with van der Waals surface area (Å²) in [7, 11) is 1.36. The lowest BCUT2D eigenvalue weighted by Gasteiger charge is -2.03. The van der Waals surface area contributed by atoms with Crippen molar-refractivity contribution in [1.82, 2.24) is 15.2 Å². The third kappa shape index (κ3) is 4.39. The SMILES string of the molecule is COC(=O)c1ccc(Nc2n[nH]c(SCc3ccccc3C)n2)cc1. The van der Waals surface area contributed by atoms with Crippen molar-refractivity contribution in [3.8, 4) is 0 Å². The highest BCUT2D eigenvalue weighted by molar-refractivity contribution is 7.98. The summed E-state index contributed by atoms with van der Waals surface area (Å²) in [6.45, 7) is 2.10. The standard InChI is InChI=1S/C18H18N4O2S/c1-12-5-3-4-6-14(12)11-25-18-20-17(21-22-18)19-15-9-7-13(8-10-15)16(23)24-2/h3-10H,11H2,1-2H3,(H2,19,20,21,22). The number of carbonyl (C=O) groups is 1. The van der Waals surface area contributed by atoms with Crippen LogP contribution in [0.15, 0.2) is 53.7 Å². The molecule has 0 unspecified atom stereocenters. The van der Waals surface area contributed by atoms with Gasteiger partial charge in [0.05, 0.1) is 12.7 Å². The topological polar surface area (TPSA) is 79.9 Å². The molecule has 0 atom stereocenters. The summed E-state index contributed by atoms with van der Waals surface area (Å²) in [5, 5.41) is 10.9. The molecule has 0 aliphatic carbocycles. The minimum atomic E-state index is -0.362. The molecule has 6 nitrogen and oxygen atoms in total. The van der Waals surface area contributed by atoms with Crippen LogP contribution in [0, 0.1) is 6.92 Å². The average Bonchev–Trinajstić information content (AvgIpc) is 3.08. The normalized spacial score (nSPS) is 10.5. The first-order valence-corrected chi connectivity index (χ1v) is 8.69. The number of hydrogen-bond donors (Lipinski definition) is 2. The lowest BCUT2D eigenvalue weighted by Crippen LogP contribution is -2.01. The highest BCUT2D eigenvalue weighted by atomic mass is 32.2. The van der Waals surface area contributed by atoms with Gasteiger partial charge in [-0.1, -0.05) is 36.0 Å². The number of methoxy groups -OCH3 is 1. The van der Waals surface area contributed by atoms with Crippen LogP contribution in [-0.4, -0.2) is 28.3 Å². The van der Waals surface area contributed by atoms with Gasteiger partial charge in [0, 0.05) is 11.4 Å². The number of hydrogen-bond acceptors (Lipinski definition) is 6. The molecule has 0 amide bonds. The summed E-state index contributed by atoms with van der Waals surface area (Å²) in [5.74, 6) is 0.951. The number of aromatic amines is 1. The van der Waals surface area contributed by atoms with E-state index in [9.17, 15) is 4.79 Å². The molecule has 0 saturated carbocycles. The molecule has 2 aromatic carbocycles. The molecule has 3 aromatic rings. The van der Waals surface area contributed by atoms with Crippen LogP contribution in [0.2, 0.25) is 0 Å². The Morgan fingerprint density at radius 3 is 2.68 bits per heavy atom. The number of aryl methyl sites for hydroxylation is 1. The fraction of sp³-hybridized carbons (Fsp3) is 0.167. The number of ether oxygens (including phenoxy) is 1. The second-order valence-corrected chi connectivity index (χ2v) is 6.34. The molecule has 128 valence electrons. The molecule has 1 aromatic heterocycles. The highest BCUT2D eigenvalue weighted by Crippen LogP contribution is 2.23. The van der Waals surface area contributed by atoms with E-state index in [4.69, 9.17) is 0 Å². The molecule has 7 heteroatoms. The quantitative estimate of drug-likeness (QED) is 0.516. The number of aromatic nitrogens is 3. The average molecular weight is 354 g/mol. The monoisotopic (exact) mass is 354 g/mol. The summed E-state index contributed by atoms with van der Waals surface area (Å²) in [6, 6.07) is 15.2. The number of H-pyrrole nitrogens is 1. The number of nitrogens with zero attached hydrogens (tertiary/aromatic N) is 2. The molecule has 0 aliphatic heterocycles. The minimum absolute atomic E-state index is 0.362. The van der Waals surface area contributed by atoms with E-state index in [1.165, 1.54) is 18.2 Å². The first-order valence-electron chi connectivity index (χ1n) is 7.71. The fourth-order valence-corrected chi connectivity index (χ4v) is 3.10. The number of thioether (sulfide) groups is 1. The predicted molar refractivity (Wildman–Crippen MR) is 98.2 cm³/mol. The molecule has 0 fully saturated rings. The lowest BCUT2D eigenvalue weighted by molar-refractivity contribution is 0.0601. The molecule has 0 aliphatic rings. The van der Waals surface area contributed by atoms with Crippen molar-refractivity contribution in [2.45, 2.75) is 17.8 Å². The van der Waals surface area contributed by atoms with E-state index in [0.29, 0.717) is 11.5 Å². The van der Waals surface area contributed by atoms with Gasteiger partial charge in [-0.2, -0.15) is 4.98 Å². The molecule has 3 rings (SSSR count). The second-order valence-electron chi connectivity index (χ2n) is 5.37. The Morgan fingerprint density at radius 2 is 1.96 bits per heavy atom. The van der Waals surface area contributed by atoms with Crippen LogP contribution in [0.5, 0.6) is 0 Å². The van der Waals surface area contributed by atoms with Gasteiger partial charge in [-0.25, -0.2) is 4.79 Å². The maximum absolute atomic E-state index is 11.4. The number of nitrogens with one attached hydrogen (secondary N) is 2. The van der Waals surface area contributed by atoms with Gasteiger partial charge in [0.15, 0.2) is 5.16 Å².